The Balaban J connectivity index is 0.00000364. The summed E-state index contributed by atoms with van der Waals surface area (Å²) in [5.74, 6) is 0.472. The molecule has 27 heavy (non-hydrogen) atoms. The molecular weight excluding hydrogens is 496 g/mol. The van der Waals surface area contributed by atoms with Gasteiger partial charge in [-0.2, -0.15) is 13.2 Å². The topological polar surface area (TPSA) is 74.2 Å². The van der Waals surface area contributed by atoms with Crippen LogP contribution in [0, 0.1) is 0 Å². The Morgan fingerprint density at radius 3 is 2.63 bits per heavy atom. The fraction of sp³-hybridized carbons (Fsp3) is 0.312. The van der Waals surface area contributed by atoms with Gasteiger partial charge in [-0.25, -0.2) is 9.97 Å². The van der Waals surface area contributed by atoms with Crippen LogP contribution >= 0.6 is 35.6 Å². The molecule has 11 heteroatoms. The Morgan fingerprint density at radius 2 is 1.96 bits per heavy atom. The first-order chi connectivity index (χ1) is 12.4. The van der Waals surface area contributed by atoms with Crippen molar-refractivity contribution in [2.75, 3.05) is 25.5 Å². The maximum absolute atomic E-state index is 12.6. The minimum atomic E-state index is -4.50. The summed E-state index contributed by atoms with van der Waals surface area (Å²) in [6.45, 7) is 1.26. The van der Waals surface area contributed by atoms with Gasteiger partial charge in [0, 0.05) is 37.9 Å². The third-order valence-electron chi connectivity index (χ3n) is 3.22. The van der Waals surface area contributed by atoms with Gasteiger partial charge in [0.1, 0.15) is 5.69 Å². The number of rotatable bonds is 6. The zero-order valence-electron chi connectivity index (χ0n) is 14.3. The lowest BCUT2D eigenvalue weighted by Crippen LogP contribution is -2.39. The molecule has 0 saturated heterocycles. The molecule has 0 atom stereocenters. The molecule has 0 amide bonds. The molecule has 0 spiro atoms. The van der Waals surface area contributed by atoms with Crippen molar-refractivity contribution in [1.82, 2.24) is 20.6 Å². The van der Waals surface area contributed by atoms with Crippen molar-refractivity contribution in [3.63, 3.8) is 0 Å². The Morgan fingerprint density at radius 1 is 1.19 bits per heavy atom. The molecular formula is C16H19ClF3IN6. The van der Waals surface area contributed by atoms with Crippen molar-refractivity contribution in [3.05, 3.63) is 52.8 Å². The van der Waals surface area contributed by atoms with E-state index in [0.29, 0.717) is 30.6 Å². The summed E-state index contributed by atoms with van der Waals surface area (Å²) < 4.78 is 37.8. The van der Waals surface area contributed by atoms with Crippen LogP contribution in [0.4, 0.5) is 19.1 Å². The summed E-state index contributed by atoms with van der Waals surface area (Å²) in [5, 5.41) is 9.53. The average molecular weight is 515 g/mol. The highest BCUT2D eigenvalue weighted by atomic mass is 127. The smallest absolute Gasteiger partial charge is 0.355 e. The number of halogens is 5. The number of hydrogen-bond donors (Lipinski definition) is 3. The first kappa shape index (κ1) is 23.2. The van der Waals surface area contributed by atoms with Gasteiger partial charge in [-0.05, 0) is 23.8 Å². The van der Waals surface area contributed by atoms with Crippen LogP contribution < -0.4 is 16.0 Å². The van der Waals surface area contributed by atoms with Crippen LogP contribution in [0.2, 0.25) is 5.02 Å². The lowest BCUT2D eigenvalue weighted by atomic mass is 10.2. The molecule has 6 nitrogen and oxygen atoms in total. The van der Waals surface area contributed by atoms with E-state index in [1.165, 1.54) is 0 Å². The van der Waals surface area contributed by atoms with Crippen LogP contribution in [0.1, 0.15) is 11.3 Å². The third-order valence-corrected chi connectivity index (χ3v) is 3.45. The van der Waals surface area contributed by atoms with Crippen molar-refractivity contribution in [2.24, 2.45) is 4.99 Å². The molecule has 3 N–H and O–H groups in total. The van der Waals surface area contributed by atoms with Crippen LogP contribution in [0.5, 0.6) is 0 Å². The van der Waals surface area contributed by atoms with E-state index >= 15 is 0 Å². The van der Waals surface area contributed by atoms with Crippen molar-refractivity contribution >= 4 is 47.5 Å². The number of aliphatic imine (C=N–C) groups is 1. The van der Waals surface area contributed by atoms with Gasteiger partial charge in [0.05, 0.1) is 0 Å². The predicted molar refractivity (Wildman–Crippen MR) is 111 cm³/mol. The summed E-state index contributed by atoms with van der Waals surface area (Å²) in [6.07, 6.45) is -3.43. The molecule has 0 aliphatic carbocycles. The van der Waals surface area contributed by atoms with Gasteiger partial charge in [-0.15, -0.1) is 24.0 Å². The number of nitrogens with one attached hydrogen (secondary N) is 3. The van der Waals surface area contributed by atoms with Crippen LogP contribution in [0.15, 0.2) is 41.5 Å². The van der Waals surface area contributed by atoms with Gasteiger partial charge in [0.25, 0.3) is 0 Å². The number of hydrogen-bond acceptors (Lipinski definition) is 4. The lowest BCUT2D eigenvalue weighted by Gasteiger charge is -2.13. The van der Waals surface area contributed by atoms with Crippen LogP contribution in [-0.4, -0.2) is 36.1 Å². The molecule has 0 aliphatic rings. The molecule has 1 heterocycles. The summed E-state index contributed by atoms with van der Waals surface area (Å²) in [6, 6.07) is 8.24. The van der Waals surface area contributed by atoms with Gasteiger partial charge in [0.2, 0.25) is 5.95 Å². The molecule has 0 unspecified atom stereocenters. The second-order valence-corrected chi connectivity index (χ2v) is 5.61. The largest absolute Gasteiger partial charge is 0.433 e. The Kier molecular flexibility index (Phi) is 9.56. The SMILES string of the molecule is CN=C(NCCNc1nccc(C(F)(F)F)n1)NCc1cccc(Cl)c1.I. The zero-order chi connectivity index (χ0) is 19.0. The summed E-state index contributed by atoms with van der Waals surface area (Å²) >= 11 is 5.93. The van der Waals surface area contributed by atoms with E-state index < -0.39 is 11.9 Å². The number of nitrogens with zero attached hydrogens (tertiary/aromatic N) is 3. The number of anilines is 1. The molecule has 2 aromatic rings. The molecule has 1 aromatic heterocycles. The van der Waals surface area contributed by atoms with E-state index in [9.17, 15) is 13.2 Å². The maximum atomic E-state index is 12.6. The van der Waals surface area contributed by atoms with Crippen LogP contribution in [0.3, 0.4) is 0 Å². The van der Waals surface area contributed by atoms with Gasteiger partial charge in [-0.1, -0.05) is 23.7 Å². The third kappa shape index (κ3) is 8.16. The van der Waals surface area contributed by atoms with E-state index in [0.717, 1.165) is 17.8 Å². The Labute approximate surface area is 177 Å². The van der Waals surface area contributed by atoms with Crippen molar-refractivity contribution in [1.29, 1.82) is 0 Å². The fourth-order valence-corrected chi connectivity index (χ4v) is 2.22. The standard InChI is InChI=1S/C16H18ClF3N6.HI/c1-21-14(25-10-11-3-2-4-12(17)9-11)23-7-8-24-15-22-6-5-13(26-15)16(18,19)20;/h2-6,9H,7-8,10H2,1H3,(H2,21,23,25)(H,22,24,26);1H. The van der Waals surface area contributed by atoms with E-state index in [1.54, 1.807) is 13.1 Å². The lowest BCUT2D eigenvalue weighted by molar-refractivity contribution is -0.141. The van der Waals surface area contributed by atoms with E-state index in [-0.39, 0.29) is 29.9 Å². The normalized spacial score (nSPS) is 11.5. The van der Waals surface area contributed by atoms with Gasteiger partial charge < -0.3 is 16.0 Å². The number of benzene rings is 1. The highest BCUT2D eigenvalue weighted by molar-refractivity contribution is 14.0. The first-order valence-corrected chi connectivity index (χ1v) is 8.09. The number of alkyl halides is 3. The second-order valence-electron chi connectivity index (χ2n) is 5.17. The molecule has 0 aliphatic heterocycles. The quantitative estimate of drug-likeness (QED) is 0.238. The molecule has 148 valence electrons. The minimum Gasteiger partial charge on any atom is -0.355 e. The predicted octanol–water partition coefficient (Wildman–Crippen LogP) is 3.54. The van der Waals surface area contributed by atoms with E-state index in [4.69, 9.17) is 11.6 Å². The highest BCUT2D eigenvalue weighted by Crippen LogP contribution is 2.27. The zero-order valence-corrected chi connectivity index (χ0v) is 17.4. The summed E-state index contributed by atoms with van der Waals surface area (Å²) in [5.41, 5.74) is 0.0119. The molecule has 1 aromatic carbocycles. The van der Waals surface area contributed by atoms with Crippen molar-refractivity contribution in [2.45, 2.75) is 12.7 Å². The maximum Gasteiger partial charge on any atom is 0.433 e. The van der Waals surface area contributed by atoms with Crippen molar-refractivity contribution < 1.29 is 13.2 Å². The van der Waals surface area contributed by atoms with E-state index in [1.807, 2.05) is 18.2 Å². The van der Waals surface area contributed by atoms with Crippen LogP contribution in [0.25, 0.3) is 0 Å². The molecule has 2 rings (SSSR count). The number of guanidine groups is 1. The molecule has 0 fully saturated rings. The fourth-order valence-electron chi connectivity index (χ4n) is 2.01. The Hall–Kier alpha value is -1.82. The average Bonchev–Trinajstić information content (AvgIpc) is 2.61. The van der Waals surface area contributed by atoms with Crippen LogP contribution in [-0.2, 0) is 12.7 Å². The van der Waals surface area contributed by atoms with Crippen molar-refractivity contribution in [3.8, 4) is 0 Å². The number of aromatic nitrogens is 2. The van der Waals surface area contributed by atoms with Gasteiger partial charge >= 0.3 is 6.18 Å². The molecule has 0 bridgehead atoms. The summed E-state index contributed by atoms with van der Waals surface area (Å²) in [4.78, 5) is 11.3. The molecule has 0 saturated carbocycles. The monoisotopic (exact) mass is 514 g/mol. The Bertz CT molecular complexity index is 757. The second kappa shape index (κ2) is 11.1. The van der Waals surface area contributed by atoms with Gasteiger partial charge in [-0.3, -0.25) is 4.99 Å². The first-order valence-electron chi connectivity index (χ1n) is 7.71. The van der Waals surface area contributed by atoms with Gasteiger partial charge in [0.15, 0.2) is 5.96 Å². The summed E-state index contributed by atoms with van der Waals surface area (Å²) in [7, 11) is 1.62. The molecule has 0 radical (unpaired) electrons. The minimum absolute atomic E-state index is 0. The van der Waals surface area contributed by atoms with E-state index in [2.05, 4.69) is 30.9 Å². The highest BCUT2D eigenvalue weighted by Gasteiger charge is 2.32.